The molecule has 25 heavy (non-hydrogen) atoms. The van der Waals surface area contributed by atoms with Crippen LogP contribution in [0.5, 0.6) is 0 Å². The van der Waals surface area contributed by atoms with Crippen LogP contribution in [0, 0.1) is 11.8 Å². The number of carboxylic acid groups (broad SMARTS) is 1. The fraction of sp³-hybridized carbons (Fsp3) is 0.421. The molecule has 2 N–H and O–H groups in total. The molecule has 0 spiro atoms. The van der Waals surface area contributed by atoms with E-state index in [1.54, 1.807) is 6.20 Å². The van der Waals surface area contributed by atoms with Crippen LogP contribution in [0.2, 0.25) is 0 Å². The second kappa shape index (κ2) is 7.19. The molecule has 3 atom stereocenters. The van der Waals surface area contributed by atoms with E-state index in [0.717, 1.165) is 23.1 Å². The average Bonchev–Trinajstić information content (AvgIpc) is 2.60. The minimum absolute atomic E-state index is 0.130. The summed E-state index contributed by atoms with van der Waals surface area (Å²) in [6.07, 6.45) is 2.38. The number of nitrogens with zero attached hydrogens (tertiary/aromatic N) is 2. The number of pyridine rings is 1. The Kier molecular flexibility index (Phi) is 4.99. The predicted octanol–water partition coefficient (Wildman–Crippen LogP) is 2.60. The fourth-order valence-electron chi connectivity index (χ4n) is 3.50. The number of carbonyl (C=O) groups excluding carboxylic acids is 1. The lowest BCUT2D eigenvalue weighted by atomic mass is 9.89. The SMILES string of the molecule is CC1CC(C(=O)O)CN(C(C)C(=O)Nc2cccc3ncccc23)C1. The van der Waals surface area contributed by atoms with Crippen LogP contribution >= 0.6 is 0 Å². The molecule has 0 saturated carbocycles. The van der Waals surface area contributed by atoms with Crippen LogP contribution in [0.3, 0.4) is 0 Å². The van der Waals surface area contributed by atoms with E-state index in [9.17, 15) is 14.7 Å². The summed E-state index contributed by atoms with van der Waals surface area (Å²) in [4.78, 5) is 30.3. The minimum Gasteiger partial charge on any atom is -0.481 e. The maximum Gasteiger partial charge on any atom is 0.307 e. The van der Waals surface area contributed by atoms with Crippen molar-refractivity contribution in [3.63, 3.8) is 0 Å². The smallest absolute Gasteiger partial charge is 0.307 e. The molecule has 1 aliphatic rings. The maximum absolute atomic E-state index is 12.7. The normalized spacial score (nSPS) is 22.5. The fourth-order valence-corrected chi connectivity index (χ4v) is 3.50. The van der Waals surface area contributed by atoms with Gasteiger partial charge in [0, 0.05) is 24.7 Å². The van der Waals surface area contributed by atoms with Gasteiger partial charge in [-0.05, 0) is 43.5 Å². The van der Waals surface area contributed by atoms with E-state index in [-0.39, 0.29) is 11.8 Å². The molecule has 0 radical (unpaired) electrons. The molecule has 2 heterocycles. The second-order valence-corrected chi connectivity index (χ2v) is 6.87. The second-order valence-electron chi connectivity index (χ2n) is 6.87. The maximum atomic E-state index is 12.7. The topological polar surface area (TPSA) is 82.5 Å². The number of aromatic nitrogens is 1. The van der Waals surface area contributed by atoms with Crippen molar-refractivity contribution in [1.82, 2.24) is 9.88 Å². The summed E-state index contributed by atoms with van der Waals surface area (Å²) in [7, 11) is 0. The number of fused-ring (bicyclic) bond motifs is 1. The number of hydrogen-bond acceptors (Lipinski definition) is 4. The Labute approximate surface area is 146 Å². The Bertz CT molecular complexity index is 787. The standard InChI is InChI=1S/C19H23N3O3/c1-12-9-14(19(24)25)11-22(10-12)13(2)18(23)21-17-7-3-6-16-15(17)5-4-8-20-16/h3-8,12-14H,9-11H2,1-2H3,(H,21,23)(H,24,25). The van der Waals surface area contributed by atoms with Crippen molar-refractivity contribution >= 4 is 28.5 Å². The van der Waals surface area contributed by atoms with E-state index >= 15 is 0 Å². The Balaban J connectivity index is 1.75. The first-order valence-electron chi connectivity index (χ1n) is 8.57. The summed E-state index contributed by atoms with van der Waals surface area (Å²) < 4.78 is 0. The predicted molar refractivity (Wildman–Crippen MR) is 96.3 cm³/mol. The van der Waals surface area contributed by atoms with Crippen LogP contribution in [0.25, 0.3) is 10.9 Å². The number of nitrogens with one attached hydrogen (secondary N) is 1. The van der Waals surface area contributed by atoms with E-state index in [4.69, 9.17) is 0 Å². The highest BCUT2D eigenvalue weighted by Crippen LogP contribution is 2.25. The van der Waals surface area contributed by atoms with Gasteiger partial charge in [-0.3, -0.25) is 19.5 Å². The number of anilines is 1. The number of piperidine rings is 1. The van der Waals surface area contributed by atoms with Crippen LogP contribution in [0.15, 0.2) is 36.5 Å². The number of rotatable bonds is 4. The quantitative estimate of drug-likeness (QED) is 0.893. The zero-order valence-electron chi connectivity index (χ0n) is 14.5. The van der Waals surface area contributed by atoms with Crippen molar-refractivity contribution in [3.8, 4) is 0 Å². The number of aliphatic carboxylic acids is 1. The van der Waals surface area contributed by atoms with Crippen molar-refractivity contribution in [2.45, 2.75) is 26.3 Å². The van der Waals surface area contributed by atoms with Gasteiger partial charge in [-0.2, -0.15) is 0 Å². The molecule has 1 saturated heterocycles. The molecule has 1 aromatic carbocycles. The van der Waals surface area contributed by atoms with Gasteiger partial charge in [-0.1, -0.05) is 13.0 Å². The van der Waals surface area contributed by atoms with Gasteiger partial charge in [0.15, 0.2) is 0 Å². The summed E-state index contributed by atoms with van der Waals surface area (Å²) in [5.74, 6) is -1.08. The Morgan fingerprint density at radius 1 is 1.28 bits per heavy atom. The molecule has 1 fully saturated rings. The lowest BCUT2D eigenvalue weighted by Crippen LogP contribution is -2.50. The van der Waals surface area contributed by atoms with E-state index in [2.05, 4.69) is 10.3 Å². The summed E-state index contributed by atoms with van der Waals surface area (Å²) >= 11 is 0. The molecular formula is C19H23N3O3. The third-order valence-electron chi connectivity index (χ3n) is 4.87. The van der Waals surface area contributed by atoms with Crippen molar-refractivity contribution in [2.24, 2.45) is 11.8 Å². The summed E-state index contributed by atoms with van der Waals surface area (Å²) in [5.41, 5.74) is 1.55. The van der Waals surface area contributed by atoms with E-state index < -0.39 is 17.9 Å². The first kappa shape index (κ1) is 17.4. The summed E-state index contributed by atoms with van der Waals surface area (Å²) in [6, 6.07) is 8.98. The van der Waals surface area contributed by atoms with Crippen LogP contribution in [0.1, 0.15) is 20.3 Å². The third kappa shape index (κ3) is 3.79. The molecule has 6 nitrogen and oxygen atoms in total. The molecule has 2 aromatic rings. The summed E-state index contributed by atoms with van der Waals surface area (Å²) in [5, 5.41) is 13.2. The molecule has 3 rings (SSSR count). The van der Waals surface area contributed by atoms with Gasteiger partial charge in [0.25, 0.3) is 0 Å². The monoisotopic (exact) mass is 341 g/mol. The largest absolute Gasteiger partial charge is 0.481 e. The number of amides is 1. The first-order chi connectivity index (χ1) is 12.0. The van der Waals surface area contributed by atoms with Crippen LogP contribution in [-0.2, 0) is 9.59 Å². The number of carboxylic acids is 1. The number of carbonyl (C=O) groups is 2. The lowest BCUT2D eigenvalue weighted by Gasteiger charge is -2.37. The van der Waals surface area contributed by atoms with Gasteiger partial charge in [0.05, 0.1) is 23.2 Å². The first-order valence-corrected chi connectivity index (χ1v) is 8.57. The van der Waals surface area contributed by atoms with Gasteiger partial charge in [-0.25, -0.2) is 0 Å². The zero-order valence-corrected chi connectivity index (χ0v) is 14.5. The van der Waals surface area contributed by atoms with Crippen molar-refractivity contribution in [2.75, 3.05) is 18.4 Å². The highest BCUT2D eigenvalue weighted by atomic mass is 16.4. The highest BCUT2D eigenvalue weighted by molar-refractivity contribution is 6.02. The number of hydrogen-bond donors (Lipinski definition) is 2. The van der Waals surface area contributed by atoms with Crippen molar-refractivity contribution in [3.05, 3.63) is 36.5 Å². The average molecular weight is 341 g/mol. The molecule has 0 aliphatic carbocycles. The molecule has 6 heteroatoms. The molecule has 1 aromatic heterocycles. The van der Waals surface area contributed by atoms with E-state index in [1.165, 1.54) is 0 Å². The molecular weight excluding hydrogens is 318 g/mol. The van der Waals surface area contributed by atoms with Gasteiger partial charge in [0.2, 0.25) is 5.91 Å². The minimum atomic E-state index is -0.788. The van der Waals surface area contributed by atoms with Gasteiger partial charge in [-0.15, -0.1) is 0 Å². The van der Waals surface area contributed by atoms with Crippen molar-refractivity contribution < 1.29 is 14.7 Å². The number of likely N-dealkylation sites (tertiary alicyclic amines) is 1. The van der Waals surface area contributed by atoms with Crippen LogP contribution < -0.4 is 5.32 Å². The molecule has 1 aliphatic heterocycles. The Hall–Kier alpha value is -2.47. The highest BCUT2D eigenvalue weighted by Gasteiger charge is 2.33. The van der Waals surface area contributed by atoms with E-state index in [1.807, 2.05) is 49.1 Å². The van der Waals surface area contributed by atoms with E-state index in [0.29, 0.717) is 13.0 Å². The molecule has 3 unspecified atom stereocenters. The van der Waals surface area contributed by atoms with Gasteiger partial charge in [0.1, 0.15) is 0 Å². The van der Waals surface area contributed by atoms with Crippen LogP contribution in [0.4, 0.5) is 5.69 Å². The Morgan fingerprint density at radius 3 is 2.84 bits per heavy atom. The molecule has 1 amide bonds. The zero-order chi connectivity index (χ0) is 18.0. The molecule has 132 valence electrons. The van der Waals surface area contributed by atoms with Gasteiger partial charge >= 0.3 is 5.97 Å². The number of benzene rings is 1. The van der Waals surface area contributed by atoms with Crippen molar-refractivity contribution in [1.29, 1.82) is 0 Å². The summed E-state index contributed by atoms with van der Waals surface area (Å²) in [6.45, 7) is 5.00. The van der Waals surface area contributed by atoms with Gasteiger partial charge < -0.3 is 10.4 Å². The lowest BCUT2D eigenvalue weighted by molar-refractivity contribution is -0.145. The molecule has 0 bridgehead atoms. The van der Waals surface area contributed by atoms with Crippen LogP contribution in [-0.4, -0.2) is 46.0 Å². The Morgan fingerprint density at radius 2 is 2.08 bits per heavy atom. The third-order valence-corrected chi connectivity index (χ3v) is 4.87.